The van der Waals surface area contributed by atoms with Gasteiger partial charge in [0, 0.05) is 79.9 Å². The zero-order valence-corrected chi connectivity index (χ0v) is 68.4. The minimum atomic E-state index is 0.605. The van der Waals surface area contributed by atoms with Crippen molar-refractivity contribution in [2.24, 2.45) is 43.7 Å². The lowest BCUT2D eigenvalue weighted by molar-refractivity contribution is -0.0774. The molecule has 0 aliphatic carbocycles. The van der Waals surface area contributed by atoms with E-state index < -0.39 is 0 Å². The molecule has 4 N–H and O–H groups in total. The zero-order chi connectivity index (χ0) is 77.1. The van der Waals surface area contributed by atoms with Gasteiger partial charge in [-0.2, -0.15) is 35.7 Å². The lowest BCUT2D eigenvalue weighted by Gasteiger charge is -2.44. The first-order valence-corrected chi connectivity index (χ1v) is 42.4. The summed E-state index contributed by atoms with van der Waals surface area (Å²) in [6.07, 6.45) is 23.2. The molecule has 5 unspecified atom stereocenters. The number of aromatic amines is 4. The third-order valence-corrected chi connectivity index (χ3v) is 27.0. The highest BCUT2D eigenvalue weighted by Crippen LogP contribution is 2.41. The minimum absolute atomic E-state index is 0.605. The Morgan fingerprint density at radius 1 is 0.327 bits per heavy atom. The van der Waals surface area contributed by atoms with Crippen LogP contribution in [-0.4, -0.2) is 256 Å². The summed E-state index contributed by atoms with van der Waals surface area (Å²) >= 11 is 3.25. The number of benzene rings is 5. The summed E-state index contributed by atoms with van der Waals surface area (Å²) in [4.78, 5) is 13.1. The molecule has 10 atom stereocenters. The number of rotatable bonds is 11. The summed E-state index contributed by atoms with van der Waals surface area (Å²) in [6.45, 7) is 33.1. The van der Waals surface area contributed by atoms with Crippen LogP contribution in [0.2, 0.25) is 0 Å². The lowest BCUT2D eigenvalue weighted by atomic mass is 9.81. The Morgan fingerprint density at radius 3 is 0.850 bits per heavy atom. The molecule has 10 aliphatic rings. The molecule has 10 fully saturated rings. The first kappa shape index (κ1) is 77.5. The molecule has 0 amide bonds. The lowest BCUT2D eigenvalue weighted by Crippen LogP contribution is -2.53. The van der Waals surface area contributed by atoms with E-state index in [0.29, 0.717) is 89.4 Å². The second-order valence-electron chi connectivity index (χ2n) is 34.2. The van der Waals surface area contributed by atoms with E-state index in [-0.39, 0.29) is 0 Å². The van der Waals surface area contributed by atoms with Crippen LogP contribution in [0.1, 0.15) is 124 Å². The van der Waals surface area contributed by atoms with Crippen LogP contribution in [0.15, 0.2) is 151 Å². The highest BCUT2D eigenvalue weighted by atomic mass is 79.9. The van der Waals surface area contributed by atoms with Gasteiger partial charge in [0.1, 0.15) is 5.69 Å². The second kappa shape index (κ2) is 35.2. The molecular weight excluding hydrogens is 1480 g/mol. The van der Waals surface area contributed by atoms with E-state index in [1.165, 1.54) is 152 Å². The highest BCUT2D eigenvalue weighted by Gasteiger charge is 2.39. The van der Waals surface area contributed by atoms with E-state index in [1.807, 2.05) is 73.0 Å². The molecule has 0 spiro atoms. The van der Waals surface area contributed by atoms with Crippen LogP contribution in [0, 0.1) is 29.6 Å². The van der Waals surface area contributed by atoms with E-state index in [4.69, 9.17) is 23.7 Å². The molecule has 0 radical (unpaired) electrons. The van der Waals surface area contributed by atoms with Gasteiger partial charge in [0.25, 0.3) is 0 Å². The molecule has 10 aliphatic heterocycles. The van der Waals surface area contributed by atoms with Crippen molar-refractivity contribution in [1.82, 2.24) is 94.6 Å². The number of aryl methyl sites for hydroxylation is 2. The van der Waals surface area contributed by atoms with Gasteiger partial charge in [0.05, 0.1) is 178 Å². The number of hydrogen-bond donors (Lipinski definition) is 4. The number of halogens is 1. The average Bonchev–Trinajstić information content (AvgIpc) is 1.57. The number of fused-ring (bicyclic) bond motifs is 5. The third-order valence-electron chi connectivity index (χ3n) is 26.6. The Kier molecular flexibility index (Phi) is 24.1. The van der Waals surface area contributed by atoms with Gasteiger partial charge in [-0.05, 0) is 198 Å². The molecule has 0 saturated carbocycles. The quantitative estimate of drug-likeness (QED) is 0.0943. The summed E-state index contributed by atoms with van der Waals surface area (Å²) < 4.78 is 33.2. The van der Waals surface area contributed by atoms with Crippen LogP contribution >= 0.6 is 15.9 Å². The van der Waals surface area contributed by atoms with Gasteiger partial charge < -0.3 is 23.7 Å². The number of aromatic nitrogens is 14. The average molecular weight is 1600 g/mol. The molecule has 17 heterocycles. The number of piperidine rings is 5. The summed E-state index contributed by atoms with van der Waals surface area (Å²) in [7, 11) is 3.81. The van der Waals surface area contributed by atoms with Gasteiger partial charge in [0.2, 0.25) is 0 Å². The predicted molar refractivity (Wildman–Crippen MR) is 447 cm³/mol. The fraction of sp³-hybridized carbons (Fsp3) is 0.534. The van der Waals surface area contributed by atoms with Gasteiger partial charge in [-0.25, -0.2) is 4.68 Å². The van der Waals surface area contributed by atoms with E-state index in [0.717, 1.165) is 104 Å². The van der Waals surface area contributed by atoms with Crippen LogP contribution in [0.4, 0.5) is 0 Å². The number of nitrogens with zero attached hydrogens (tertiary/aromatic N) is 15. The van der Waals surface area contributed by atoms with Gasteiger partial charge >= 0.3 is 0 Å². The minimum Gasteiger partial charge on any atom is -0.378 e. The predicted octanol–water partition coefficient (Wildman–Crippen LogP) is 13.3. The molecule has 12 aromatic rings. The number of H-pyrrole nitrogens is 4. The molecule has 24 nitrogen and oxygen atoms in total. The topological polar surface area (TPSA) is 231 Å². The maximum absolute atomic E-state index is 5.37. The fourth-order valence-electron chi connectivity index (χ4n) is 19.3. The normalized spacial score (nSPS) is 26.6. The number of ether oxygens (including phenoxy) is 5. The van der Waals surface area contributed by atoms with Crippen LogP contribution in [0.25, 0.3) is 60.2 Å². The number of hydrogen-bond acceptors (Lipinski definition) is 17. The SMILES string of the molecule is C[C@@H]1CN(C2COC2)CCC1c1ccc2cn[nH]c2c1.C[C@@H]1CN(C2COC2)CCC1c1ccc2cn[nH]c2c1.C[C@@H]1CN(C2COC2)CCC1c1ccc2cn[nH]c2c1.C[C@@H]1CN(C2COC2)CCC1c1ccc2cn[nH]c2c1.C[C@@H]1CN(C2COC2)CCC1c1ccc2cnn(-c3cnn(C)c3)c2c1.Cn1cc(Br)cn1. The van der Waals surface area contributed by atoms with Crippen molar-refractivity contribution < 1.29 is 23.7 Å². The summed E-state index contributed by atoms with van der Waals surface area (Å²) in [6, 6.07) is 37.2. The highest BCUT2D eigenvalue weighted by molar-refractivity contribution is 9.10. The van der Waals surface area contributed by atoms with Gasteiger partial charge in [-0.3, -0.25) is 54.3 Å². The van der Waals surface area contributed by atoms with Crippen molar-refractivity contribution in [3.05, 3.63) is 179 Å². The Morgan fingerprint density at radius 2 is 0.611 bits per heavy atom. The fourth-order valence-corrected chi connectivity index (χ4v) is 19.7. The maximum Gasteiger partial charge on any atom is 0.103 e. The molecule has 598 valence electrons. The Labute approximate surface area is 671 Å². The van der Waals surface area contributed by atoms with Crippen molar-refractivity contribution in [2.45, 2.75) is 127 Å². The van der Waals surface area contributed by atoms with Crippen molar-refractivity contribution in [1.29, 1.82) is 0 Å². The third kappa shape index (κ3) is 17.7. The number of likely N-dealkylation sites (tertiary alicyclic amines) is 5. The number of nitrogens with one attached hydrogen (secondary N) is 4. The maximum atomic E-state index is 5.37. The zero-order valence-electron chi connectivity index (χ0n) is 66.8. The Bertz CT molecular complexity index is 4610. The molecule has 25 heteroatoms. The molecule has 22 rings (SSSR count). The summed E-state index contributed by atoms with van der Waals surface area (Å²) in [5, 5.41) is 47.5. The van der Waals surface area contributed by atoms with Crippen molar-refractivity contribution in [3.8, 4) is 5.69 Å². The van der Waals surface area contributed by atoms with E-state index in [1.54, 1.807) is 10.9 Å². The first-order valence-electron chi connectivity index (χ1n) is 41.6. The van der Waals surface area contributed by atoms with Crippen molar-refractivity contribution >= 4 is 70.4 Å². The Hall–Kier alpha value is -8.05. The molecule has 7 aromatic heterocycles. The van der Waals surface area contributed by atoms with Crippen LogP contribution in [0.3, 0.4) is 0 Å². The van der Waals surface area contributed by atoms with Gasteiger partial charge in [-0.15, -0.1) is 0 Å². The molecule has 10 saturated heterocycles. The van der Waals surface area contributed by atoms with Crippen molar-refractivity contribution in [2.75, 3.05) is 132 Å². The second-order valence-corrected chi connectivity index (χ2v) is 35.2. The monoisotopic (exact) mass is 1600 g/mol. The van der Waals surface area contributed by atoms with Crippen LogP contribution < -0.4 is 0 Å². The Balaban J connectivity index is 0.000000100. The molecule has 5 aromatic carbocycles. The summed E-state index contributed by atoms with van der Waals surface area (Å²) in [5.41, 5.74) is 14.1. The van der Waals surface area contributed by atoms with E-state index in [9.17, 15) is 0 Å². The standard InChI is InChI=1S/C20H25N5O.4C16H21N3O.C4H5BrN2/c1-14-10-24(18-12-26-13-18)6-5-19(14)15-3-4-16-8-22-25(20(16)7-15)17-9-21-23(2)11-17;4*1-11-8-19(14-9-20-10-14)5-4-15(11)12-2-3-13-7-17-18-16(13)6-12;1-7-3-4(5)2-6-7/h3-4,7-9,11,14,18-19H,5-6,10,12-13H2,1-2H3;4*2-3,6-7,11,14-15H,4-5,8-10H2,1H3,(H,17,18);2-3H,1H3/t14-,19?;4*11-,15?;/m11111./s1. The molecular formula is C88H114BrN19O5. The molecule has 0 bridgehead atoms. The van der Waals surface area contributed by atoms with Gasteiger partial charge in [-0.1, -0.05) is 95.3 Å². The van der Waals surface area contributed by atoms with E-state index >= 15 is 0 Å². The van der Waals surface area contributed by atoms with Crippen LogP contribution in [-0.2, 0) is 37.8 Å². The van der Waals surface area contributed by atoms with Crippen molar-refractivity contribution in [3.63, 3.8) is 0 Å². The smallest absolute Gasteiger partial charge is 0.103 e. The van der Waals surface area contributed by atoms with E-state index in [2.05, 4.69) is 222 Å². The summed E-state index contributed by atoms with van der Waals surface area (Å²) in [5.74, 6) is 6.72. The first-order chi connectivity index (χ1) is 55.2. The van der Waals surface area contributed by atoms with Gasteiger partial charge in [0.15, 0.2) is 0 Å². The van der Waals surface area contributed by atoms with Crippen LogP contribution in [0.5, 0.6) is 0 Å². The molecule has 113 heavy (non-hydrogen) atoms. The largest absolute Gasteiger partial charge is 0.378 e.